The number of rotatable bonds is 3. The van der Waals surface area contributed by atoms with Gasteiger partial charge in [0.25, 0.3) is 0 Å². The second-order valence-corrected chi connectivity index (χ2v) is 4.72. The van der Waals surface area contributed by atoms with Crippen LogP contribution < -0.4 is 5.73 Å². The number of nitrogens with two attached hydrogens (primary N) is 1. The van der Waals surface area contributed by atoms with Gasteiger partial charge in [0.15, 0.2) is 0 Å². The highest BCUT2D eigenvalue weighted by Crippen LogP contribution is 2.30. The first kappa shape index (κ1) is 13.4. The van der Waals surface area contributed by atoms with Crippen molar-refractivity contribution in [2.45, 2.75) is 6.04 Å². The summed E-state index contributed by atoms with van der Waals surface area (Å²) < 4.78 is 0. The minimum atomic E-state index is -0.623. The number of benzene rings is 2. The van der Waals surface area contributed by atoms with Crippen LogP contribution in [0.25, 0.3) is 0 Å². The van der Waals surface area contributed by atoms with Crippen molar-refractivity contribution in [2.24, 2.45) is 5.73 Å². The van der Waals surface area contributed by atoms with Crippen molar-refractivity contribution in [3.8, 4) is 0 Å². The summed E-state index contributed by atoms with van der Waals surface area (Å²) >= 11 is 11.8. The van der Waals surface area contributed by atoms with Crippen LogP contribution in [0.3, 0.4) is 0 Å². The van der Waals surface area contributed by atoms with Gasteiger partial charge in [-0.25, -0.2) is 0 Å². The largest absolute Gasteiger partial charge is 0.380 e. The van der Waals surface area contributed by atoms with E-state index in [1.165, 1.54) is 0 Å². The summed E-state index contributed by atoms with van der Waals surface area (Å²) in [7, 11) is 0. The highest BCUT2D eigenvalue weighted by Gasteiger charge is 2.20. The van der Waals surface area contributed by atoms with Crippen molar-refractivity contribution < 1.29 is 5.11 Å². The number of aliphatic hydroxyl groups excluding tert-OH is 1. The van der Waals surface area contributed by atoms with Crippen molar-refractivity contribution in [3.63, 3.8) is 0 Å². The second kappa shape index (κ2) is 5.72. The van der Waals surface area contributed by atoms with Crippen molar-refractivity contribution >= 4 is 23.2 Å². The molecule has 1 radical (unpaired) electrons. The molecule has 0 aliphatic rings. The van der Waals surface area contributed by atoms with Gasteiger partial charge in [-0.1, -0.05) is 59.6 Å². The van der Waals surface area contributed by atoms with Crippen LogP contribution in [-0.2, 0) is 0 Å². The maximum atomic E-state index is 10.1. The molecule has 0 aliphatic heterocycles. The van der Waals surface area contributed by atoms with Gasteiger partial charge in [0.2, 0.25) is 0 Å². The Labute approximate surface area is 116 Å². The molecule has 1 unspecified atom stereocenters. The van der Waals surface area contributed by atoms with E-state index in [2.05, 4.69) is 0 Å². The zero-order valence-electron chi connectivity index (χ0n) is 9.48. The molecule has 1 atom stereocenters. The van der Waals surface area contributed by atoms with Crippen molar-refractivity contribution in [2.75, 3.05) is 0 Å². The molecular weight excluding hydrogens is 269 g/mol. The Morgan fingerprint density at radius 1 is 1.00 bits per heavy atom. The third-order valence-corrected chi connectivity index (χ3v) is 3.41. The Morgan fingerprint density at radius 2 is 1.67 bits per heavy atom. The van der Waals surface area contributed by atoms with Crippen molar-refractivity contribution in [3.05, 3.63) is 75.8 Å². The lowest BCUT2D eigenvalue weighted by Gasteiger charge is -2.18. The highest BCUT2D eigenvalue weighted by molar-refractivity contribution is 6.42. The topological polar surface area (TPSA) is 46.2 Å². The van der Waals surface area contributed by atoms with Gasteiger partial charge in [0.1, 0.15) is 6.10 Å². The van der Waals surface area contributed by atoms with Gasteiger partial charge in [0, 0.05) is 0 Å². The Bertz CT molecular complexity index is 531. The Kier molecular flexibility index (Phi) is 4.25. The quantitative estimate of drug-likeness (QED) is 0.894. The molecule has 4 heteroatoms. The van der Waals surface area contributed by atoms with Crippen LogP contribution in [-0.4, -0.2) is 5.11 Å². The molecule has 0 aromatic heterocycles. The van der Waals surface area contributed by atoms with E-state index in [1.807, 2.05) is 18.2 Å². The molecule has 0 amide bonds. The molecule has 0 saturated heterocycles. The Morgan fingerprint density at radius 3 is 2.28 bits per heavy atom. The number of hydrogen-bond donors (Lipinski definition) is 2. The molecule has 18 heavy (non-hydrogen) atoms. The molecule has 2 aromatic rings. The second-order valence-electron chi connectivity index (χ2n) is 3.90. The third kappa shape index (κ3) is 2.85. The van der Waals surface area contributed by atoms with E-state index < -0.39 is 6.04 Å². The SMILES string of the molecule is NC([C](O)c1ccccc1)c1ccc(Cl)c(Cl)c1. The fourth-order valence-corrected chi connectivity index (χ4v) is 1.96. The van der Waals surface area contributed by atoms with Crippen LogP contribution in [0.15, 0.2) is 48.5 Å². The average molecular weight is 281 g/mol. The number of halogens is 2. The van der Waals surface area contributed by atoms with E-state index in [9.17, 15) is 5.11 Å². The van der Waals surface area contributed by atoms with Gasteiger partial charge in [-0.2, -0.15) is 0 Å². The van der Waals surface area contributed by atoms with Crippen molar-refractivity contribution in [1.29, 1.82) is 0 Å². The van der Waals surface area contributed by atoms with Gasteiger partial charge >= 0.3 is 0 Å². The molecule has 0 heterocycles. The molecule has 3 N–H and O–H groups in total. The van der Waals surface area contributed by atoms with E-state index >= 15 is 0 Å². The van der Waals surface area contributed by atoms with Gasteiger partial charge < -0.3 is 10.8 Å². The minimum absolute atomic E-state index is 0.106. The van der Waals surface area contributed by atoms with Gasteiger partial charge in [-0.3, -0.25) is 0 Å². The fourth-order valence-electron chi connectivity index (χ4n) is 1.65. The van der Waals surface area contributed by atoms with Crippen LogP contribution in [0.2, 0.25) is 10.0 Å². The molecule has 0 aliphatic carbocycles. The molecule has 0 spiro atoms. The predicted octanol–water partition coefficient (Wildman–Crippen LogP) is 3.95. The molecule has 0 bridgehead atoms. The fraction of sp³-hybridized carbons (Fsp3) is 0.0714. The number of hydrogen-bond acceptors (Lipinski definition) is 2. The lowest BCUT2D eigenvalue weighted by molar-refractivity contribution is 0.293. The third-order valence-electron chi connectivity index (χ3n) is 2.67. The van der Waals surface area contributed by atoms with Crippen LogP contribution in [0.4, 0.5) is 0 Å². The molecule has 0 fully saturated rings. The van der Waals surface area contributed by atoms with Gasteiger partial charge in [-0.15, -0.1) is 0 Å². The smallest absolute Gasteiger partial charge is 0.143 e. The molecule has 0 saturated carbocycles. The van der Waals surface area contributed by atoms with E-state index in [0.717, 1.165) is 0 Å². The normalized spacial score (nSPS) is 12.7. The molecule has 2 rings (SSSR count). The summed E-state index contributed by atoms with van der Waals surface area (Å²) in [6.45, 7) is 0. The van der Waals surface area contributed by atoms with Crippen LogP contribution >= 0.6 is 23.2 Å². The first-order valence-corrected chi connectivity index (χ1v) is 6.17. The van der Waals surface area contributed by atoms with Crippen LogP contribution in [0.1, 0.15) is 17.2 Å². The summed E-state index contributed by atoms with van der Waals surface area (Å²) in [6.07, 6.45) is 0.106. The van der Waals surface area contributed by atoms with Crippen LogP contribution in [0, 0.1) is 6.10 Å². The summed E-state index contributed by atoms with van der Waals surface area (Å²) in [5.41, 5.74) is 7.41. The lowest BCUT2D eigenvalue weighted by atomic mass is 9.97. The van der Waals surface area contributed by atoms with E-state index in [4.69, 9.17) is 28.9 Å². The average Bonchev–Trinajstić information content (AvgIpc) is 2.41. The van der Waals surface area contributed by atoms with E-state index in [0.29, 0.717) is 21.2 Å². The summed E-state index contributed by atoms with van der Waals surface area (Å²) in [5, 5.41) is 11.0. The predicted molar refractivity (Wildman–Crippen MR) is 74.1 cm³/mol. The Hall–Kier alpha value is -1.06. The standard InChI is InChI=1S/C14H12Cl2NO/c15-11-7-6-10(8-12(11)16)13(17)14(18)9-4-2-1-3-5-9/h1-8,13,18H,17H2. The van der Waals surface area contributed by atoms with Crippen molar-refractivity contribution in [1.82, 2.24) is 0 Å². The first-order valence-electron chi connectivity index (χ1n) is 5.41. The van der Waals surface area contributed by atoms with E-state index in [-0.39, 0.29) is 6.10 Å². The van der Waals surface area contributed by atoms with Gasteiger partial charge in [0.05, 0.1) is 16.1 Å². The monoisotopic (exact) mass is 280 g/mol. The lowest BCUT2D eigenvalue weighted by Crippen LogP contribution is -2.20. The summed E-state index contributed by atoms with van der Waals surface area (Å²) in [4.78, 5) is 0. The Balaban J connectivity index is 2.25. The van der Waals surface area contributed by atoms with Crippen LogP contribution in [0.5, 0.6) is 0 Å². The maximum absolute atomic E-state index is 10.1. The highest BCUT2D eigenvalue weighted by atomic mass is 35.5. The molecule has 2 aromatic carbocycles. The zero-order valence-corrected chi connectivity index (χ0v) is 11.0. The summed E-state index contributed by atoms with van der Waals surface area (Å²) in [5.74, 6) is 0. The first-order chi connectivity index (χ1) is 8.59. The van der Waals surface area contributed by atoms with E-state index in [1.54, 1.807) is 30.3 Å². The maximum Gasteiger partial charge on any atom is 0.143 e. The molecule has 93 valence electrons. The molecular formula is C14H12Cl2NO. The molecule has 2 nitrogen and oxygen atoms in total. The summed E-state index contributed by atoms with van der Waals surface area (Å²) in [6, 6.07) is 13.6. The van der Waals surface area contributed by atoms with Gasteiger partial charge in [-0.05, 0) is 23.3 Å². The zero-order chi connectivity index (χ0) is 13.1. The number of aliphatic hydroxyl groups is 1. The minimum Gasteiger partial charge on any atom is -0.380 e.